The third-order valence-electron chi connectivity index (χ3n) is 8.16. The second-order valence-corrected chi connectivity index (χ2v) is 10.7. The molecule has 2 atom stereocenters. The van der Waals surface area contributed by atoms with Crippen LogP contribution in [0.15, 0.2) is 53.3 Å². The maximum Gasteiger partial charge on any atom is 0.253 e. The predicted molar refractivity (Wildman–Crippen MR) is 152 cm³/mol. The highest BCUT2D eigenvalue weighted by molar-refractivity contribution is 5.80. The van der Waals surface area contributed by atoms with E-state index in [4.69, 9.17) is 9.47 Å². The SMILES string of the molecule is CCc1ccc2[nH]c(=O)c([C@@H](c3nnnn3C[C@H]3CCCO3)N3CCN(Cc4cccc(OC)c4)CC3)cc2c1. The molecule has 0 amide bonds. The summed E-state index contributed by atoms with van der Waals surface area (Å²) in [4.78, 5) is 21.5. The molecular weight excluding hydrogens is 506 g/mol. The van der Waals surface area contributed by atoms with Crippen molar-refractivity contribution < 1.29 is 9.47 Å². The number of rotatable bonds is 9. The number of tetrazole rings is 1. The maximum atomic E-state index is 13.6. The van der Waals surface area contributed by atoms with Crippen LogP contribution in [0.5, 0.6) is 5.75 Å². The molecule has 2 aromatic carbocycles. The normalized spacial score (nSPS) is 19.3. The monoisotopic (exact) mass is 543 g/mol. The van der Waals surface area contributed by atoms with Gasteiger partial charge in [-0.05, 0) is 76.5 Å². The molecule has 0 unspecified atom stereocenters. The van der Waals surface area contributed by atoms with E-state index in [2.05, 4.69) is 61.5 Å². The van der Waals surface area contributed by atoms with Crippen LogP contribution in [0.1, 0.15) is 48.3 Å². The molecule has 6 rings (SSSR count). The molecule has 2 fully saturated rings. The second-order valence-electron chi connectivity index (χ2n) is 10.7. The van der Waals surface area contributed by atoms with Crippen molar-refractivity contribution in [2.24, 2.45) is 0 Å². The molecule has 2 aliphatic heterocycles. The van der Waals surface area contributed by atoms with E-state index in [1.165, 1.54) is 11.1 Å². The number of methoxy groups -OCH3 is 1. The van der Waals surface area contributed by atoms with Gasteiger partial charge in [-0.15, -0.1) is 5.10 Å². The summed E-state index contributed by atoms with van der Waals surface area (Å²) in [6, 6.07) is 16.1. The number of nitrogens with one attached hydrogen (secondary N) is 1. The number of ether oxygens (including phenoxy) is 2. The molecule has 1 N–H and O–H groups in total. The number of fused-ring (bicyclic) bond motifs is 1. The lowest BCUT2D eigenvalue weighted by atomic mass is 10.0. The number of hydrogen-bond acceptors (Lipinski definition) is 8. The smallest absolute Gasteiger partial charge is 0.253 e. The third-order valence-corrected chi connectivity index (χ3v) is 8.16. The number of aryl methyl sites for hydroxylation is 1. The van der Waals surface area contributed by atoms with Crippen LogP contribution in [0.3, 0.4) is 0 Å². The summed E-state index contributed by atoms with van der Waals surface area (Å²) >= 11 is 0. The first-order valence-electron chi connectivity index (χ1n) is 14.2. The Morgan fingerprint density at radius 2 is 1.98 bits per heavy atom. The highest BCUT2D eigenvalue weighted by Gasteiger charge is 2.33. The highest BCUT2D eigenvalue weighted by Crippen LogP contribution is 2.29. The van der Waals surface area contributed by atoms with Crippen LogP contribution in [0.25, 0.3) is 10.9 Å². The van der Waals surface area contributed by atoms with Gasteiger partial charge in [0.05, 0.1) is 19.8 Å². The van der Waals surface area contributed by atoms with E-state index >= 15 is 0 Å². The number of piperazine rings is 1. The van der Waals surface area contributed by atoms with Gasteiger partial charge in [0.1, 0.15) is 11.8 Å². The van der Waals surface area contributed by atoms with Crippen LogP contribution in [-0.4, -0.2) is 81.0 Å². The van der Waals surface area contributed by atoms with Gasteiger partial charge < -0.3 is 14.5 Å². The van der Waals surface area contributed by atoms with Crippen molar-refractivity contribution in [2.75, 3.05) is 39.9 Å². The Morgan fingerprint density at radius 3 is 2.75 bits per heavy atom. The van der Waals surface area contributed by atoms with Gasteiger partial charge in [0.2, 0.25) is 0 Å². The molecule has 0 bridgehead atoms. The third kappa shape index (κ3) is 5.65. The summed E-state index contributed by atoms with van der Waals surface area (Å²) in [6.45, 7) is 7.65. The Balaban J connectivity index is 1.31. The Kier molecular flexibility index (Phi) is 7.90. The van der Waals surface area contributed by atoms with Gasteiger partial charge in [0.15, 0.2) is 5.82 Å². The molecule has 0 spiro atoms. The van der Waals surface area contributed by atoms with E-state index in [0.29, 0.717) is 17.9 Å². The molecule has 10 nitrogen and oxygen atoms in total. The average Bonchev–Trinajstić information content (AvgIpc) is 3.67. The standard InChI is InChI=1S/C30H37N7O3/c1-3-21-9-10-27-23(16-21)18-26(30(38)31-27)28(29-32-33-34-37(29)20-25-8-5-15-40-25)36-13-11-35(12-14-36)19-22-6-4-7-24(17-22)39-2/h4,6-7,9-10,16-18,25,28H,3,5,8,11-15,19-20H2,1-2H3,(H,31,38)/t25-,28+/m1/s1. The van der Waals surface area contributed by atoms with Crippen LogP contribution < -0.4 is 10.3 Å². The van der Waals surface area contributed by atoms with Crippen LogP contribution in [0.4, 0.5) is 0 Å². The minimum absolute atomic E-state index is 0.0876. The molecule has 4 heterocycles. The minimum Gasteiger partial charge on any atom is -0.497 e. The first-order valence-corrected chi connectivity index (χ1v) is 14.2. The zero-order valence-electron chi connectivity index (χ0n) is 23.3. The summed E-state index contributed by atoms with van der Waals surface area (Å²) in [5.41, 5.74) is 3.86. The molecule has 2 aliphatic rings. The van der Waals surface area contributed by atoms with E-state index in [0.717, 1.165) is 75.2 Å². The van der Waals surface area contributed by atoms with Crippen molar-refractivity contribution in [2.45, 2.75) is 51.4 Å². The Bertz CT molecular complexity index is 1500. The summed E-state index contributed by atoms with van der Waals surface area (Å²) in [5, 5.41) is 13.9. The first kappa shape index (κ1) is 26.6. The van der Waals surface area contributed by atoms with Gasteiger partial charge in [0.25, 0.3) is 5.56 Å². The quantitative estimate of drug-likeness (QED) is 0.344. The van der Waals surface area contributed by atoms with E-state index in [9.17, 15) is 4.79 Å². The Labute approximate surface area is 233 Å². The highest BCUT2D eigenvalue weighted by atomic mass is 16.5. The zero-order valence-corrected chi connectivity index (χ0v) is 23.3. The molecule has 10 heteroatoms. The fraction of sp³-hybridized carbons (Fsp3) is 0.467. The predicted octanol–water partition coefficient (Wildman–Crippen LogP) is 3.17. The number of pyridine rings is 1. The van der Waals surface area contributed by atoms with E-state index in [1.54, 1.807) is 7.11 Å². The average molecular weight is 544 g/mol. The van der Waals surface area contributed by atoms with Gasteiger partial charge in [-0.25, -0.2) is 4.68 Å². The second kappa shape index (κ2) is 11.9. The molecule has 0 radical (unpaired) electrons. The number of aromatic amines is 1. The fourth-order valence-corrected chi connectivity index (χ4v) is 5.92. The molecule has 2 saturated heterocycles. The van der Waals surface area contributed by atoms with Gasteiger partial charge in [-0.1, -0.05) is 25.1 Å². The minimum atomic E-state index is -0.367. The zero-order chi connectivity index (χ0) is 27.5. The lowest BCUT2D eigenvalue weighted by Crippen LogP contribution is -2.48. The van der Waals surface area contributed by atoms with Crippen molar-refractivity contribution >= 4 is 10.9 Å². The summed E-state index contributed by atoms with van der Waals surface area (Å²) in [6.07, 6.45) is 3.06. The van der Waals surface area contributed by atoms with Gasteiger partial charge in [0, 0.05) is 50.4 Å². The fourth-order valence-electron chi connectivity index (χ4n) is 5.92. The van der Waals surface area contributed by atoms with Gasteiger partial charge in [-0.2, -0.15) is 0 Å². The molecule has 2 aromatic heterocycles. The van der Waals surface area contributed by atoms with Crippen molar-refractivity contribution in [1.82, 2.24) is 35.0 Å². The Morgan fingerprint density at radius 1 is 1.10 bits per heavy atom. The van der Waals surface area contributed by atoms with Crippen LogP contribution in [0, 0.1) is 0 Å². The number of nitrogens with zero attached hydrogens (tertiary/aromatic N) is 6. The van der Waals surface area contributed by atoms with Crippen molar-refractivity contribution in [3.8, 4) is 5.75 Å². The maximum absolute atomic E-state index is 13.6. The molecule has 4 aromatic rings. The van der Waals surface area contributed by atoms with Crippen LogP contribution >= 0.6 is 0 Å². The number of benzene rings is 2. The summed E-state index contributed by atoms with van der Waals surface area (Å²) < 4.78 is 13.1. The molecular formula is C30H37N7O3. The number of H-pyrrole nitrogens is 1. The number of hydrogen-bond donors (Lipinski definition) is 1. The summed E-state index contributed by atoms with van der Waals surface area (Å²) in [5.74, 6) is 1.56. The molecule has 40 heavy (non-hydrogen) atoms. The Hall–Kier alpha value is -3.60. The van der Waals surface area contributed by atoms with Crippen LogP contribution in [0.2, 0.25) is 0 Å². The summed E-state index contributed by atoms with van der Waals surface area (Å²) in [7, 11) is 1.70. The van der Waals surface area contributed by atoms with E-state index < -0.39 is 0 Å². The number of aromatic nitrogens is 5. The lowest BCUT2D eigenvalue weighted by molar-refractivity contribution is 0.0840. The van der Waals surface area contributed by atoms with Gasteiger partial charge >= 0.3 is 0 Å². The topological polar surface area (TPSA) is 101 Å². The van der Waals surface area contributed by atoms with E-state index in [1.807, 2.05) is 28.9 Å². The lowest BCUT2D eigenvalue weighted by Gasteiger charge is -2.38. The van der Waals surface area contributed by atoms with Crippen molar-refractivity contribution in [3.63, 3.8) is 0 Å². The van der Waals surface area contributed by atoms with Gasteiger partial charge in [-0.3, -0.25) is 14.6 Å². The first-order chi connectivity index (χ1) is 19.6. The van der Waals surface area contributed by atoms with E-state index in [-0.39, 0.29) is 17.7 Å². The largest absolute Gasteiger partial charge is 0.497 e. The van der Waals surface area contributed by atoms with Crippen LogP contribution in [-0.2, 0) is 24.2 Å². The molecule has 0 aliphatic carbocycles. The van der Waals surface area contributed by atoms with Crippen molar-refractivity contribution in [1.29, 1.82) is 0 Å². The molecule has 210 valence electrons. The molecule has 0 saturated carbocycles. The van der Waals surface area contributed by atoms with Crippen molar-refractivity contribution in [3.05, 3.63) is 81.4 Å².